The van der Waals surface area contributed by atoms with Gasteiger partial charge in [-0.25, -0.2) is 4.39 Å². The fraction of sp³-hybridized carbons (Fsp3) is 0.375. The first-order valence-corrected chi connectivity index (χ1v) is 13.8. The van der Waals surface area contributed by atoms with Gasteiger partial charge >= 0.3 is 0 Å². The summed E-state index contributed by atoms with van der Waals surface area (Å²) in [6.45, 7) is 3.93. The molecule has 2 aliphatic rings. The summed E-state index contributed by atoms with van der Waals surface area (Å²) in [4.78, 5) is 14.2. The van der Waals surface area contributed by atoms with Crippen LogP contribution in [-0.2, 0) is 40.8 Å². The summed E-state index contributed by atoms with van der Waals surface area (Å²) < 4.78 is 35.3. The van der Waals surface area contributed by atoms with Crippen LogP contribution in [0.4, 0.5) is 4.39 Å². The van der Waals surface area contributed by atoms with Crippen molar-refractivity contribution >= 4 is 10.9 Å². The van der Waals surface area contributed by atoms with E-state index >= 15 is 0 Å². The van der Waals surface area contributed by atoms with Crippen LogP contribution in [-0.4, -0.2) is 28.6 Å². The van der Waals surface area contributed by atoms with Gasteiger partial charge in [-0.05, 0) is 49.4 Å². The Kier molecular flexibility index (Phi) is 7.28. The third kappa shape index (κ3) is 4.75. The van der Waals surface area contributed by atoms with Crippen LogP contribution >= 0.6 is 0 Å². The van der Waals surface area contributed by atoms with Gasteiger partial charge in [-0.15, -0.1) is 0 Å². The third-order valence-electron chi connectivity index (χ3n) is 7.97. The summed E-state index contributed by atoms with van der Waals surface area (Å²) >= 11 is 0. The topological polar surface area (TPSA) is 78.4 Å². The number of aromatic nitrogens is 2. The zero-order valence-corrected chi connectivity index (χ0v) is 22.8. The molecule has 7 nitrogen and oxygen atoms in total. The van der Waals surface area contributed by atoms with Crippen LogP contribution in [0.5, 0.6) is 0 Å². The molecule has 8 heteroatoms. The van der Waals surface area contributed by atoms with Crippen molar-refractivity contribution in [2.75, 3.05) is 13.2 Å². The minimum Gasteiger partial charge on any atom is -0.376 e. The monoisotopic (exact) mass is 541 g/mol. The maximum absolute atomic E-state index is 14.2. The van der Waals surface area contributed by atoms with Crippen molar-refractivity contribution in [3.63, 3.8) is 0 Å². The molecule has 40 heavy (non-hydrogen) atoms. The van der Waals surface area contributed by atoms with Crippen molar-refractivity contribution in [2.45, 2.75) is 58.2 Å². The summed E-state index contributed by atoms with van der Waals surface area (Å²) in [6.07, 6.45) is 1.75. The average Bonchev–Trinajstić information content (AvgIpc) is 3.30. The largest absolute Gasteiger partial charge is 0.376 e. The summed E-state index contributed by atoms with van der Waals surface area (Å²) in [5, 5.41) is 11.2. The Bertz CT molecular complexity index is 1640. The van der Waals surface area contributed by atoms with Crippen LogP contribution in [0.25, 0.3) is 22.0 Å². The molecule has 2 aromatic heterocycles. The number of hydrogen-bond donors (Lipinski definition) is 0. The molecule has 4 aromatic rings. The summed E-state index contributed by atoms with van der Waals surface area (Å²) in [5.41, 5.74) is 6.49. The maximum atomic E-state index is 14.2. The molecule has 6 rings (SSSR count). The van der Waals surface area contributed by atoms with Crippen molar-refractivity contribution in [2.24, 2.45) is 7.05 Å². The van der Waals surface area contributed by atoms with Gasteiger partial charge < -0.3 is 23.3 Å². The van der Waals surface area contributed by atoms with E-state index in [0.717, 1.165) is 51.7 Å². The van der Waals surface area contributed by atoms with Gasteiger partial charge in [-0.1, -0.05) is 42.0 Å². The SMILES string of the molecule is Cc1ccc(-c2c(C(C#N)OC3CCCCO3)n(C)c(=O)c3c2c2c(n3Cc3ccc(F)cc3)CCOC2)cc1. The molecular formula is C32H32FN3O4. The third-order valence-corrected chi connectivity index (χ3v) is 7.97. The molecule has 0 aliphatic carbocycles. The Morgan fingerprint density at radius 1 is 1.12 bits per heavy atom. The maximum Gasteiger partial charge on any atom is 0.275 e. The Morgan fingerprint density at radius 3 is 2.60 bits per heavy atom. The molecule has 2 unspecified atom stereocenters. The molecule has 0 amide bonds. The Hall–Kier alpha value is -3.77. The lowest BCUT2D eigenvalue weighted by Crippen LogP contribution is -2.29. The first-order valence-electron chi connectivity index (χ1n) is 13.8. The van der Waals surface area contributed by atoms with E-state index in [4.69, 9.17) is 14.2 Å². The Morgan fingerprint density at radius 2 is 1.90 bits per heavy atom. The summed E-state index contributed by atoms with van der Waals surface area (Å²) in [6, 6.07) is 16.8. The van der Waals surface area contributed by atoms with E-state index in [1.807, 2.05) is 31.2 Å². The summed E-state index contributed by atoms with van der Waals surface area (Å²) in [5.74, 6) is -0.303. The van der Waals surface area contributed by atoms with Gasteiger partial charge in [0.25, 0.3) is 5.56 Å². The fourth-order valence-corrected chi connectivity index (χ4v) is 5.95. The minimum atomic E-state index is -1.01. The lowest BCUT2D eigenvalue weighted by Gasteiger charge is -2.27. The van der Waals surface area contributed by atoms with Gasteiger partial charge in [0.2, 0.25) is 0 Å². The van der Waals surface area contributed by atoms with Gasteiger partial charge in [0.15, 0.2) is 12.4 Å². The van der Waals surface area contributed by atoms with Crippen LogP contribution in [0.2, 0.25) is 0 Å². The zero-order valence-electron chi connectivity index (χ0n) is 22.8. The lowest BCUT2D eigenvalue weighted by molar-refractivity contribution is -0.179. The lowest BCUT2D eigenvalue weighted by atomic mass is 9.93. The number of pyridine rings is 1. The van der Waals surface area contributed by atoms with Crippen LogP contribution in [0.3, 0.4) is 0 Å². The molecule has 1 saturated heterocycles. The van der Waals surface area contributed by atoms with E-state index in [-0.39, 0.29) is 11.4 Å². The van der Waals surface area contributed by atoms with E-state index < -0.39 is 12.4 Å². The van der Waals surface area contributed by atoms with Crippen molar-refractivity contribution < 1.29 is 18.6 Å². The number of nitriles is 1. The van der Waals surface area contributed by atoms with Gasteiger partial charge in [-0.2, -0.15) is 5.26 Å². The highest BCUT2D eigenvalue weighted by Crippen LogP contribution is 2.41. The molecule has 0 bridgehead atoms. The second kappa shape index (κ2) is 11.0. The second-order valence-corrected chi connectivity index (χ2v) is 10.6. The molecule has 0 radical (unpaired) electrons. The van der Waals surface area contributed by atoms with E-state index in [1.165, 1.54) is 12.1 Å². The number of rotatable bonds is 6. The van der Waals surface area contributed by atoms with Crippen molar-refractivity contribution in [1.82, 2.24) is 9.13 Å². The molecule has 4 heterocycles. The normalized spacial score (nSPS) is 17.9. The number of benzene rings is 2. The fourth-order valence-electron chi connectivity index (χ4n) is 5.95. The molecule has 2 atom stereocenters. The van der Waals surface area contributed by atoms with Gasteiger partial charge in [-0.3, -0.25) is 4.79 Å². The highest BCUT2D eigenvalue weighted by atomic mass is 19.1. The highest BCUT2D eigenvalue weighted by molar-refractivity contribution is 6.00. The molecular weight excluding hydrogens is 509 g/mol. The van der Waals surface area contributed by atoms with Gasteiger partial charge in [0, 0.05) is 48.8 Å². The van der Waals surface area contributed by atoms with Crippen LogP contribution in [0, 0.1) is 24.1 Å². The standard InChI is InChI=1S/C32H32FN3O4/c1-20-6-10-22(11-7-20)28-29-24-19-38-16-14-25(24)36(18-21-8-12-23(33)13-9-21)31(29)32(37)35(2)30(28)26(17-34)40-27-5-3-4-15-39-27/h6-13,26-27H,3-5,14-16,18-19H2,1-2H3. The van der Waals surface area contributed by atoms with Crippen LogP contribution < -0.4 is 5.56 Å². The Balaban J connectivity index is 1.64. The molecule has 1 fully saturated rings. The molecule has 0 N–H and O–H groups in total. The van der Waals surface area contributed by atoms with Crippen molar-refractivity contribution in [3.05, 3.63) is 92.8 Å². The number of ether oxygens (including phenoxy) is 3. The van der Waals surface area contributed by atoms with Gasteiger partial charge in [0.1, 0.15) is 17.4 Å². The molecule has 0 saturated carbocycles. The second-order valence-electron chi connectivity index (χ2n) is 10.6. The molecule has 206 valence electrons. The minimum absolute atomic E-state index is 0.217. The number of hydrogen-bond acceptors (Lipinski definition) is 5. The average molecular weight is 542 g/mol. The number of aryl methyl sites for hydroxylation is 1. The molecule has 0 spiro atoms. The van der Waals surface area contributed by atoms with E-state index in [9.17, 15) is 14.4 Å². The smallest absolute Gasteiger partial charge is 0.275 e. The van der Waals surface area contributed by atoms with Crippen molar-refractivity contribution in [1.29, 1.82) is 5.26 Å². The van der Waals surface area contributed by atoms with E-state index in [2.05, 4.69) is 10.6 Å². The van der Waals surface area contributed by atoms with Crippen LogP contribution in [0.1, 0.15) is 53.4 Å². The predicted octanol–water partition coefficient (Wildman–Crippen LogP) is 5.68. The molecule has 2 aliphatic heterocycles. The van der Waals surface area contributed by atoms with Crippen molar-refractivity contribution in [3.8, 4) is 17.2 Å². The predicted molar refractivity (Wildman–Crippen MR) is 149 cm³/mol. The zero-order chi connectivity index (χ0) is 27.8. The number of halogens is 1. The molecule has 2 aromatic carbocycles. The van der Waals surface area contributed by atoms with Gasteiger partial charge in [0.05, 0.1) is 18.9 Å². The Labute approximate surface area is 232 Å². The quantitative estimate of drug-likeness (QED) is 0.314. The highest BCUT2D eigenvalue weighted by Gasteiger charge is 2.32. The number of fused-ring (bicyclic) bond motifs is 3. The number of nitrogens with zero attached hydrogens (tertiary/aromatic N) is 3. The van der Waals surface area contributed by atoms with E-state index in [0.29, 0.717) is 50.4 Å². The first kappa shape index (κ1) is 26.5. The first-order chi connectivity index (χ1) is 19.5. The summed E-state index contributed by atoms with van der Waals surface area (Å²) in [7, 11) is 1.70. The van der Waals surface area contributed by atoms with E-state index in [1.54, 1.807) is 23.7 Å². The van der Waals surface area contributed by atoms with Crippen LogP contribution in [0.15, 0.2) is 53.3 Å².